The normalized spacial score (nSPS) is 16.8. The quantitative estimate of drug-likeness (QED) is 0.789. The maximum absolute atomic E-state index is 11.7. The van der Waals surface area contributed by atoms with E-state index in [9.17, 15) is 4.79 Å². The van der Waals surface area contributed by atoms with E-state index in [4.69, 9.17) is 0 Å². The van der Waals surface area contributed by atoms with Gasteiger partial charge in [-0.2, -0.15) is 16.9 Å². The Bertz CT molecular complexity index is 356. The van der Waals surface area contributed by atoms with Gasteiger partial charge in [0.05, 0.1) is 17.9 Å². The number of hydrogen-bond donors (Lipinski definition) is 0. The minimum atomic E-state index is 0.301. The van der Waals surface area contributed by atoms with Gasteiger partial charge in [0.25, 0.3) is 0 Å². The summed E-state index contributed by atoms with van der Waals surface area (Å²) in [6.45, 7) is 0. The predicted octanol–water partition coefficient (Wildman–Crippen LogP) is 2.21. The Morgan fingerprint density at radius 3 is 2.94 bits per heavy atom. The van der Waals surface area contributed by atoms with E-state index >= 15 is 0 Å². The molecule has 0 bridgehead atoms. The van der Waals surface area contributed by atoms with Gasteiger partial charge < -0.3 is 0 Å². The number of ketones is 1. The molecule has 2 rings (SSSR count). The number of rotatable bonds is 5. The Labute approximate surface area is 101 Å². The van der Waals surface area contributed by atoms with Gasteiger partial charge in [-0.15, -0.1) is 0 Å². The van der Waals surface area contributed by atoms with Crippen molar-refractivity contribution < 1.29 is 4.79 Å². The molecule has 1 saturated carbocycles. The topological polar surface area (TPSA) is 34.9 Å². The Morgan fingerprint density at radius 2 is 2.31 bits per heavy atom. The van der Waals surface area contributed by atoms with Crippen LogP contribution in [0.4, 0.5) is 0 Å². The highest BCUT2D eigenvalue weighted by Crippen LogP contribution is 2.29. The zero-order valence-corrected chi connectivity index (χ0v) is 10.5. The molecule has 1 aromatic heterocycles. The Kier molecular flexibility index (Phi) is 4.04. The molecule has 1 fully saturated rings. The van der Waals surface area contributed by atoms with Gasteiger partial charge >= 0.3 is 0 Å². The highest BCUT2D eigenvalue weighted by atomic mass is 32.2. The molecule has 0 atom stereocenters. The summed E-state index contributed by atoms with van der Waals surface area (Å²) in [5.41, 5.74) is 0.888. The van der Waals surface area contributed by atoms with Crippen LogP contribution in [0.15, 0.2) is 12.3 Å². The fourth-order valence-electron chi connectivity index (χ4n) is 2.08. The molecular formula is C12H18N2OS. The maximum Gasteiger partial charge on any atom is 0.148 e. The van der Waals surface area contributed by atoms with Crippen molar-refractivity contribution in [1.82, 2.24) is 9.78 Å². The molecule has 1 aliphatic rings. The SMILES string of the molecule is Cn1ccc(CC(=O)CSC2CCCC2)n1. The molecule has 0 amide bonds. The van der Waals surface area contributed by atoms with Crippen LogP contribution in [0.1, 0.15) is 31.4 Å². The largest absolute Gasteiger partial charge is 0.298 e. The molecule has 4 heteroatoms. The van der Waals surface area contributed by atoms with Crippen molar-refractivity contribution in [2.24, 2.45) is 7.05 Å². The zero-order chi connectivity index (χ0) is 11.4. The first-order valence-electron chi connectivity index (χ1n) is 5.86. The van der Waals surface area contributed by atoms with E-state index in [0.717, 1.165) is 10.9 Å². The van der Waals surface area contributed by atoms with Gasteiger partial charge in [-0.25, -0.2) is 0 Å². The number of carbonyl (C=O) groups is 1. The third-order valence-corrected chi connectivity index (χ3v) is 4.36. The first-order valence-corrected chi connectivity index (χ1v) is 6.91. The van der Waals surface area contributed by atoms with E-state index in [-0.39, 0.29) is 0 Å². The summed E-state index contributed by atoms with van der Waals surface area (Å²) in [6.07, 6.45) is 7.63. The average molecular weight is 238 g/mol. The van der Waals surface area contributed by atoms with Crippen molar-refractivity contribution in [3.8, 4) is 0 Å². The molecule has 1 aliphatic carbocycles. The summed E-state index contributed by atoms with van der Waals surface area (Å²) < 4.78 is 1.74. The summed E-state index contributed by atoms with van der Waals surface area (Å²) in [6, 6.07) is 1.91. The standard InChI is InChI=1S/C12H18N2OS/c1-14-7-6-10(13-14)8-11(15)9-16-12-4-2-3-5-12/h6-7,12H,2-5,8-9H2,1H3. The number of carbonyl (C=O) groups excluding carboxylic acids is 1. The highest BCUT2D eigenvalue weighted by Gasteiger charge is 2.16. The molecule has 0 aromatic carbocycles. The van der Waals surface area contributed by atoms with Crippen LogP contribution in [0.2, 0.25) is 0 Å². The molecular weight excluding hydrogens is 220 g/mol. The van der Waals surface area contributed by atoms with Crippen molar-refractivity contribution in [2.75, 3.05) is 5.75 Å². The molecule has 1 heterocycles. The molecule has 16 heavy (non-hydrogen) atoms. The monoisotopic (exact) mass is 238 g/mol. The molecule has 0 spiro atoms. The van der Waals surface area contributed by atoms with Crippen molar-refractivity contribution in [1.29, 1.82) is 0 Å². The minimum Gasteiger partial charge on any atom is -0.298 e. The van der Waals surface area contributed by atoms with Gasteiger partial charge in [0.2, 0.25) is 0 Å². The second-order valence-electron chi connectivity index (χ2n) is 4.41. The fraction of sp³-hybridized carbons (Fsp3) is 0.667. The number of nitrogens with zero attached hydrogens (tertiary/aromatic N) is 2. The van der Waals surface area contributed by atoms with Crippen LogP contribution >= 0.6 is 11.8 Å². The van der Waals surface area contributed by atoms with Crippen LogP contribution in [-0.4, -0.2) is 26.6 Å². The van der Waals surface area contributed by atoms with Gasteiger partial charge in [-0.1, -0.05) is 12.8 Å². The van der Waals surface area contributed by atoms with Crippen molar-refractivity contribution in [3.63, 3.8) is 0 Å². The molecule has 0 unspecified atom stereocenters. The van der Waals surface area contributed by atoms with Gasteiger partial charge in [0.1, 0.15) is 5.78 Å². The van der Waals surface area contributed by atoms with E-state index in [0.29, 0.717) is 18.0 Å². The lowest BCUT2D eigenvalue weighted by Crippen LogP contribution is -2.09. The summed E-state index contributed by atoms with van der Waals surface area (Å²) in [4.78, 5) is 11.7. The number of hydrogen-bond acceptors (Lipinski definition) is 3. The third-order valence-electron chi connectivity index (χ3n) is 2.93. The Morgan fingerprint density at radius 1 is 1.56 bits per heavy atom. The average Bonchev–Trinajstić information content (AvgIpc) is 2.87. The molecule has 1 aromatic rings. The van der Waals surface area contributed by atoms with Crippen molar-refractivity contribution >= 4 is 17.5 Å². The van der Waals surface area contributed by atoms with Crippen molar-refractivity contribution in [2.45, 2.75) is 37.4 Å². The number of thioether (sulfide) groups is 1. The minimum absolute atomic E-state index is 0.301. The van der Waals surface area contributed by atoms with Gasteiger partial charge in [0, 0.05) is 18.5 Å². The Hall–Kier alpha value is -0.770. The second kappa shape index (κ2) is 5.53. The van der Waals surface area contributed by atoms with E-state index in [1.807, 2.05) is 31.1 Å². The summed E-state index contributed by atoms with van der Waals surface area (Å²) >= 11 is 1.83. The third kappa shape index (κ3) is 3.37. The molecule has 0 radical (unpaired) electrons. The predicted molar refractivity (Wildman–Crippen MR) is 66.6 cm³/mol. The van der Waals surface area contributed by atoms with E-state index in [1.54, 1.807) is 4.68 Å². The lowest BCUT2D eigenvalue weighted by atomic mass is 10.2. The molecule has 0 aliphatic heterocycles. The molecule has 0 N–H and O–H groups in total. The van der Waals surface area contributed by atoms with Crippen LogP contribution in [0.25, 0.3) is 0 Å². The molecule has 0 saturated heterocycles. The van der Waals surface area contributed by atoms with Gasteiger partial charge in [-0.3, -0.25) is 9.48 Å². The molecule has 3 nitrogen and oxygen atoms in total. The van der Waals surface area contributed by atoms with Crippen LogP contribution in [-0.2, 0) is 18.3 Å². The van der Waals surface area contributed by atoms with Gasteiger partial charge in [-0.05, 0) is 18.9 Å². The fourth-order valence-corrected chi connectivity index (χ4v) is 3.27. The van der Waals surface area contributed by atoms with Crippen LogP contribution in [0.5, 0.6) is 0 Å². The van der Waals surface area contributed by atoms with E-state index in [2.05, 4.69) is 5.10 Å². The van der Waals surface area contributed by atoms with Crippen LogP contribution < -0.4 is 0 Å². The Balaban J connectivity index is 1.71. The van der Waals surface area contributed by atoms with E-state index in [1.165, 1.54) is 25.7 Å². The number of Topliss-reactive ketones (excluding diaryl/α,β-unsaturated/α-hetero) is 1. The summed E-state index contributed by atoms with van der Waals surface area (Å²) in [5.74, 6) is 0.955. The lowest BCUT2D eigenvalue weighted by molar-refractivity contribution is -0.116. The smallest absolute Gasteiger partial charge is 0.148 e. The summed E-state index contributed by atoms with van der Waals surface area (Å²) in [7, 11) is 1.88. The number of aromatic nitrogens is 2. The van der Waals surface area contributed by atoms with Crippen LogP contribution in [0.3, 0.4) is 0 Å². The lowest BCUT2D eigenvalue weighted by Gasteiger charge is -2.06. The van der Waals surface area contributed by atoms with Gasteiger partial charge in [0.15, 0.2) is 0 Å². The highest BCUT2D eigenvalue weighted by molar-refractivity contribution is 8.00. The first kappa shape index (κ1) is 11.7. The van der Waals surface area contributed by atoms with Crippen LogP contribution in [0, 0.1) is 0 Å². The summed E-state index contributed by atoms with van der Waals surface area (Å²) in [5, 5.41) is 4.95. The second-order valence-corrected chi connectivity index (χ2v) is 5.70. The van der Waals surface area contributed by atoms with E-state index < -0.39 is 0 Å². The first-order chi connectivity index (χ1) is 7.74. The molecule has 88 valence electrons. The maximum atomic E-state index is 11.7. The zero-order valence-electron chi connectivity index (χ0n) is 9.69. The number of aryl methyl sites for hydroxylation is 1. The van der Waals surface area contributed by atoms with Crippen molar-refractivity contribution in [3.05, 3.63) is 18.0 Å².